The van der Waals surface area contributed by atoms with Gasteiger partial charge in [0.1, 0.15) is 0 Å². The average molecular weight is 917 g/mol. The highest BCUT2D eigenvalue weighted by Gasteiger charge is 2.20. The molecule has 0 heterocycles. The Balaban J connectivity index is 3.44. The molecule has 2 atom stereocenters. The molecule has 0 saturated heterocycles. The van der Waals surface area contributed by atoms with Crippen LogP contribution in [0.15, 0.2) is 24.3 Å². The van der Waals surface area contributed by atoms with Gasteiger partial charge in [-0.05, 0) is 57.8 Å². The second kappa shape index (κ2) is 54.9. The highest BCUT2D eigenvalue weighted by molar-refractivity contribution is 5.76. The van der Waals surface area contributed by atoms with Crippen LogP contribution in [-0.2, 0) is 14.3 Å². The number of nitrogens with one attached hydrogen (secondary N) is 1. The van der Waals surface area contributed by atoms with Crippen LogP contribution in [0.1, 0.15) is 316 Å². The molecule has 0 rings (SSSR count). The van der Waals surface area contributed by atoms with Gasteiger partial charge in [0.15, 0.2) is 0 Å². The van der Waals surface area contributed by atoms with Crippen molar-refractivity contribution in [3.05, 3.63) is 24.3 Å². The van der Waals surface area contributed by atoms with Gasteiger partial charge in [0.2, 0.25) is 5.91 Å². The molecule has 0 aliphatic carbocycles. The second-order valence-corrected chi connectivity index (χ2v) is 20.0. The molecule has 1 amide bonds. The summed E-state index contributed by atoms with van der Waals surface area (Å²) in [5.41, 5.74) is 0. The summed E-state index contributed by atoms with van der Waals surface area (Å²) < 4.78 is 5.46. The van der Waals surface area contributed by atoms with Crippen LogP contribution in [0, 0.1) is 0 Å². The van der Waals surface area contributed by atoms with E-state index in [9.17, 15) is 19.8 Å². The lowest BCUT2D eigenvalue weighted by Gasteiger charge is -2.22. The first-order valence-electron chi connectivity index (χ1n) is 29.1. The molecule has 0 aromatic heterocycles. The summed E-state index contributed by atoms with van der Waals surface area (Å²) in [6.07, 6.45) is 66.0. The van der Waals surface area contributed by atoms with E-state index in [0.29, 0.717) is 25.9 Å². The van der Waals surface area contributed by atoms with Crippen LogP contribution in [0.5, 0.6) is 0 Å². The Morgan fingerprint density at radius 3 is 1.17 bits per heavy atom. The van der Waals surface area contributed by atoms with Gasteiger partial charge >= 0.3 is 5.97 Å². The molecular formula is C59H113NO5. The zero-order valence-electron chi connectivity index (χ0n) is 43.7. The minimum Gasteiger partial charge on any atom is -0.466 e. The van der Waals surface area contributed by atoms with E-state index in [1.165, 1.54) is 231 Å². The number of amides is 1. The molecule has 6 heteroatoms. The minimum absolute atomic E-state index is 0.00780. The van der Waals surface area contributed by atoms with Gasteiger partial charge in [-0.3, -0.25) is 9.59 Å². The Morgan fingerprint density at radius 2 is 0.769 bits per heavy atom. The van der Waals surface area contributed by atoms with Crippen molar-refractivity contribution in [3.8, 4) is 0 Å². The fourth-order valence-corrected chi connectivity index (χ4v) is 9.02. The molecule has 0 spiro atoms. The van der Waals surface area contributed by atoms with Crippen molar-refractivity contribution in [1.29, 1.82) is 0 Å². The molecule has 0 radical (unpaired) electrons. The lowest BCUT2D eigenvalue weighted by atomic mass is 10.0. The number of carbonyl (C=O) groups is 2. The number of esters is 1. The zero-order chi connectivity index (χ0) is 47.2. The van der Waals surface area contributed by atoms with Crippen molar-refractivity contribution in [2.45, 2.75) is 328 Å². The molecule has 0 aliphatic rings. The van der Waals surface area contributed by atoms with Gasteiger partial charge in [0, 0.05) is 12.8 Å². The van der Waals surface area contributed by atoms with Crippen molar-refractivity contribution in [3.63, 3.8) is 0 Å². The van der Waals surface area contributed by atoms with E-state index in [1.807, 2.05) is 0 Å². The third kappa shape index (κ3) is 51.6. The molecule has 0 fully saturated rings. The molecular weight excluding hydrogens is 803 g/mol. The van der Waals surface area contributed by atoms with E-state index in [-0.39, 0.29) is 18.5 Å². The first-order valence-corrected chi connectivity index (χ1v) is 29.1. The second-order valence-electron chi connectivity index (χ2n) is 20.0. The lowest BCUT2D eigenvalue weighted by Crippen LogP contribution is -2.45. The monoisotopic (exact) mass is 916 g/mol. The summed E-state index contributed by atoms with van der Waals surface area (Å²) in [6.45, 7) is 4.95. The van der Waals surface area contributed by atoms with E-state index in [2.05, 4.69) is 43.5 Å². The summed E-state index contributed by atoms with van der Waals surface area (Å²) in [4.78, 5) is 24.5. The fourth-order valence-electron chi connectivity index (χ4n) is 9.02. The van der Waals surface area contributed by atoms with Crippen LogP contribution in [0.3, 0.4) is 0 Å². The Morgan fingerprint density at radius 1 is 0.431 bits per heavy atom. The number of hydrogen-bond acceptors (Lipinski definition) is 5. The molecule has 2 unspecified atom stereocenters. The Labute approximate surface area is 405 Å². The van der Waals surface area contributed by atoms with E-state index in [1.54, 1.807) is 0 Å². The summed E-state index contributed by atoms with van der Waals surface area (Å²) in [5, 5.41) is 23.2. The number of carbonyl (C=O) groups excluding carboxylic acids is 2. The van der Waals surface area contributed by atoms with E-state index in [4.69, 9.17) is 4.74 Å². The molecule has 0 aromatic rings. The van der Waals surface area contributed by atoms with E-state index < -0.39 is 12.1 Å². The summed E-state index contributed by atoms with van der Waals surface area (Å²) in [5.74, 6) is -0.0370. The predicted molar refractivity (Wildman–Crippen MR) is 283 cm³/mol. The Hall–Kier alpha value is -1.66. The third-order valence-electron chi connectivity index (χ3n) is 13.5. The van der Waals surface area contributed by atoms with Crippen molar-refractivity contribution in [1.82, 2.24) is 5.32 Å². The minimum atomic E-state index is -0.669. The van der Waals surface area contributed by atoms with Crippen molar-refractivity contribution in [2.75, 3.05) is 13.2 Å². The maximum absolute atomic E-state index is 12.4. The van der Waals surface area contributed by atoms with Gasteiger partial charge in [-0.25, -0.2) is 0 Å². The highest BCUT2D eigenvalue weighted by atomic mass is 16.5. The standard InChI is InChI=1S/C59H113NO5/c1-3-5-7-9-11-13-15-28-31-35-39-43-47-51-57(62)56(55-61)60-58(63)52-48-44-40-36-32-29-26-24-22-20-18-17-19-21-23-25-27-30-34-38-42-46-50-54-65-59(64)53-49-45-41-37-33-16-14-12-10-8-6-4-2/h17,19-20,22,56-57,61-62H,3-16,18,21,23-55H2,1-2H3,(H,60,63)/b19-17-,22-20-. The molecule has 0 bridgehead atoms. The van der Waals surface area contributed by atoms with Gasteiger partial charge < -0.3 is 20.3 Å². The first-order chi connectivity index (χ1) is 32.0. The summed E-state index contributed by atoms with van der Waals surface area (Å²) in [6, 6.07) is -0.548. The van der Waals surface area contributed by atoms with Crippen LogP contribution in [-0.4, -0.2) is 47.4 Å². The smallest absolute Gasteiger partial charge is 0.305 e. The number of hydrogen-bond donors (Lipinski definition) is 3. The third-order valence-corrected chi connectivity index (χ3v) is 13.5. The van der Waals surface area contributed by atoms with Crippen molar-refractivity contribution in [2.24, 2.45) is 0 Å². The molecule has 0 aliphatic heterocycles. The first kappa shape index (κ1) is 63.3. The van der Waals surface area contributed by atoms with Gasteiger partial charge in [0.05, 0.1) is 25.4 Å². The van der Waals surface area contributed by atoms with Gasteiger partial charge in [-0.15, -0.1) is 0 Å². The summed E-state index contributed by atoms with van der Waals surface area (Å²) in [7, 11) is 0. The van der Waals surface area contributed by atoms with Crippen LogP contribution in [0.25, 0.3) is 0 Å². The van der Waals surface area contributed by atoms with E-state index >= 15 is 0 Å². The Bertz CT molecular complexity index is 1010. The predicted octanol–water partition coefficient (Wildman–Crippen LogP) is 17.9. The van der Waals surface area contributed by atoms with Crippen LogP contribution in [0.4, 0.5) is 0 Å². The SMILES string of the molecule is CCCCCCCCCCCCCCCC(O)C(CO)NC(=O)CCCCCCCCC/C=C\C/C=C\CCCCCCCCCCCOC(=O)CCCCCCCCCCCCCC. The fraction of sp³-hybridized carbons (Fsp3) is 0.898. The number of aliphatic hydroxyl groups excluding tert-OH is 2. The highest BCUT2D eigenvalue weighted by Crippen LogP contribution is 2.17. The van der Waals surface area contributed by atoms with Crippen LogP contribution >= 0.6 is 0 Å². The zero-order valence-corrected chi connectivity index (χ0v) is 43.7. The van der Waals surface area contributed by atoms with E-state index in [0.717, 1.165) is 51.4 Å². The van der Waals surface area contributed by atoms with Crippen molar-refractivity contribution < 1.29 is 24.5 Å². The number of ether oxygens (including phenoxy) is 1. The van der Waals surface area contributed by atoms with Crippen LogP contribution < -0.4 is 5.32 Å². The molecule has 384 valence electrons. The number of unbranched alkanes of at least 4 members (excludes halogenated alkanes) is 39. The molecule has 6 nitrogen and oxygen atoms in total. The van der Waals surface area contributed by atoms with Gasteiger partial charge in [-0.2, -0.15) is 0 Å². The van der Waals surface area contributed by atoms with Crippen molar-refractivity contribution >= 4 is 11.9 Å². The maximum atomic E-state index is 12.4. The molecule has 65 heavy (non-hydrogen) atoms. The maximum Gasteiger partial charge on any atom is 0.305 e. The topological polar surface area (TPSA) is 95.9 Å². The largest absolute Gasteiger partial charge is 0.466 e. The Kier molecular flexibility index (Phi) is 53.5. The normalized spacial score (nSPS) is 12.7. The number of aliphatic hydroxyl groups is 2. The summed E-state index contributed by atoms with van der Waals surface area (Å²) >= 11 is 0. The number of allylic oxidation sites excluding steroid dienone is 4. The quantitative estimate of drug-likeness (QED) is 0.0321. The van der Waals surface area contributed by atoms with Gasteiger partial charge in [-0.1, -0.05) is 269 Å². The average Bonchev–Trinajstić information content (AvgIpc) is 3.31. The molecule has 3 N–H and O–H groups in total. The van der Waals surface area contributed by atoms with Gasteiger partial charge in [0.25, 0.3) is 0 Å². The molecule has 0 saturated carbocycles. The number of rotatable bonds is 54. The molecule has 0 aromatic carbocycles. The lowest BCUT2D eigenvalue weighted by molar-refractivity contribution is -0.143. The van der Waals surface area contributed by atoms with Crippen LogP contribution in [0.2, 0.25) is 0 Å².